The van der Waals surface area contributed by atoms with Crippen LogP contribution in [0.1, 0.15) is 25.0 Å². The average Bonchev–Trinajstić information content (AvgIpc) is 2.36. The Morgan fingerprint density at radius 1 is 1.26 bits per heavy atom. The Labute approximate surface area is 115 Å². The fourth-order valence-electron chi connectivity index (χ4n) is 1.66. The van der Waals surface area contributed by atoms with E-state index in [0.717, 1.165) is 5.69 Å². The van der Waals surface area contributed by atoms with Crippen molar-refractivity contribution < 1.29 is 13.5 Å². The second-order valence-electron chi connectivity index (χ2n) is 4.67. The van der Waals surface area contributed by atoms with Gasteiger partial charge in [-0.25, -0.2) is 13.1 Å². The van der Waals surface area contributed by atoms with Crippen molar-refractivity contribution in [3.05, 3.63) is 29.8 Å². The monoisotopic (exact) mass is 286 g/mol. The molecule has 5 nitrogen and oxygen atoms in total. The fourth-order valence-corrected chi connectivity index (χ4v) is 2.75. The number of nitrogens with zero attached hydrogens (tertiary/aromatic N) is 1. The summed E-state index contributed by atoms with van der Waals surface area (Å²) in [4.78, 5) is 1.96. The first-order chi connectivity index (χ1) is 8.85. The number of nitrogens with one attached hydrogen (secondary N) is 1. The third-order valence-electron chi connectivity index (χ3n) is 2.76. The minimum Gasteiger partial charge on any atom is -0.387 e. The maximum absolute atomic E-state index is 11.5. The van der Waals surface area contributed by atoms with Crippen LogP contribution in [-0.4, -0.2) is 39.9 Å². The fraction of sp³-hybridized carbons (Fsp3) is 0.538. The van der Waals surface area contributed by atoms with Crippen LogP contribution in [0.25, 0.3) is 0 Å². The summed E-state index contributed by atoms with van der Waals surface area (Å²) in [5, 5.41) is 9.94. The summed E-state index contributed by atoms with van der Waals surface area (Å²) < 4.78 is 25.4. The number of hydrogen-bond donors (Lipinski definition) is 2. The normalized spacial score (nSPS) is 13.3. The van der Waals surface area contributed by atoms with Gasteiger partial charge in [-0.1, -0.05) is 19.1 Å². The van der Waals surface area contributed by atoms with Crippen molar-refractivity contribution in [3.63, 3.8) is 0 Å². The molecule has 0 radical (unpaired) electrons. The molecule has 0 aliphatic carbocycles. The molecule has 0 heterocycles. The Kier molecular flexibility index (Phi) is 5.78. The van der Waals surface area contributed by atoms with E-state index in [2.05, 4.69) is 4.72 Å². The highest BCUT2D eigenvalue weighted by Crippen LogP contribution is 2.17. The third-order valence-corrected chi connectivity index (χ3v) is 4.32. The molecule has 0 saturated carbocycles. The van der Waals surface area contributed by atoms with Crippen molar-refractivity contribution in [2.24, 2.45) is 0 Å². The molecule has 1 aromatic carbocycles. The minimum atomic E-state index is -3.27. The quantitative estimate of drug-likeness (QED) is 0.788. The van der Waals surface area contributed by atoms with Gasteiger partial charge in [0.1, 0.15) is 0 Å². The Morgan fingerprint density at radius 2 is 1.84 bits per heavy atom. The summed E-state index contributed by atoms with van der Waals surface area (Å²) in [6.45, 7) is 1.80. The molecule has 1 rings (SSSR count). The van der Waals surface area contributed by atoms with Crippen molar-refractivity contribution >= 4 is 15.7 Å². The second-order valence-corrected chi connectivity index (χ2v) is 6.60. The summed E-state index contributed by atoms with van der Waals surface area (Å²) >= 11 is 0. The van der Waals surface area contributed by atoms with Crippen LogP contribution in [0.2, 0.25) is 0 Å². The topological polar surface area (TPSA) is 69.6 Å². The molecule has 0 spiro atoms. The second kappa shape index (κ2) is 6.88. The molecule has 0 fully saturated rings. The first kappa shape index (κ1) is 15.9. The van der Waals surface area contributed by atoms with E-state index < -0.39 is 16.1 Å². The van der Waals surface area contributed by atoms with E-state index in [-0.39, 0.29) is 12.3 Å². The van der Waals surface area contributed by atoms with Crippen molar-refractivity contribution in [1.29, 1.82) is 0 Å². The lowest BCUT2D eigenvalue weighted by Crippen LogP contribution is -2.30. The summed E-state index contributed by atoms with van der Waals surface area (Å²) in [6, 6.07) is 7.38. The predicted molar refractivity (Wildman–Crippen MR) is 77.8 cm³/mol. The predicted octanol–water partition coefficient (Wildman–Crippen LogP) is 1.12. The van der Waals surface area contributed by atoms with Crippen molar-refractivity contribution in [3.8, 4) is 0 Å². The van der Waals surface area contributed by atoms with Gasteiger partial charge in [-0.2, -0.15) is 0 Å². The van der Waals surface area contributed by atoms with Crippen LogP contribution >= 0.6 is 0 Å². The van der Waals surface area contributed by atoms with Gasteiger partial charge in [-0.05, 0) is 24.1 Å². The van der Waals surface area contributed by atoms with Gasteiger partial charge in [-0.15, -0.1) is 0 Å². The van der Waals surface area contributed by atoms with E-state index in [1.807, 2.05) is 31.1 Å². The number of aliphatic hydroxyl groups is 1. The summed E-state index contributed by atoms with van der Waals surface area (Å²) in [5.74, 6) is 0.0826. The molecule has 0 amide bonds. The van der Waals surface area contributed by atoms with Crippen molar-refractivity contribution in [2.75, 3.05) is 31.3 Å². The molecule has 2 N–H and O–H groups in total. The Hall–Kier alpha value is -1.11. The Bertz CT molecular complexity index is 483. The van der Waals surface area contributed by atoms with Gasteiger partial charge < -0.3 is 10.0 Å². The lowest BCUT2D eigenvalue weighted by Gasteiger charge is -2.15. The SMILES string of the molecule is CCCS(=O)(=O)NCC(O)c1ccc(N(C)C)cc1. The third kappa shape index (κ3) is 5.18. The highest BCUT2D eigenvalue weighted by molar-refractivity contribution is 7.89. The largest absolute Gasteiger partial charge is 0.387 e. The molecule has 0 saturated heterocycles. The maximum atomic E-state index is 11.5. The van der Waals surface area contributed by atoms with E-state index in [9.17, 15) is 13.5 Å². The number of hydrogen-bond acceptors (Lipinski definition) is 4. The highest BCUT2D eigenvalue weighted by atomic mass is 32.2. The standard InChI is InChI=1S/C13H22N2O3S/c1-4-9-19(17,18)14-10-13(16)11-5-7-12(8-6-11)15(2)3/h5-8,13-14,16H,4,9-10H2,1-3H3. The molecular formula is C13H22N2O3S. The number of anilines is 1. The highest BCUT2D eigenvalue weighted by Gasteiger charge is 2.13. The van der Waals surface area contributed by atoms with Crippen LogP contribution in [0, 0.1) is 0 Å². The molecular weight excluding hydrogens is 264 g/mol. The van der Waals surface area contributed by atoms with E-state index >= 15 is 0 Å². The molecule has 6 heteroatoms. The van der Waals surface area contributed by atoms with Gasteiger partial charge in [0, 0.05) is 26.3 Å². The smallest absolute Gasteiger partial charge is 0.211 e. The van der Waals surface area contributed by atoms with Gasteiger partial charge >= 0.3 is 0 Å². The van der Waals surface area contributed by atoms with Crippen molar-refractivity contribution in [1.82, 2.24) is 4.72 Å². The van der Waals surface area contributed by atoms with Gasteiger partial charge in [-0.3, -0.25) is 0 Å². The summed E-state index contributed by atoms with van der Waals surface area (Å²) in [6.07, 6.45) is -0.272. The van der Waals surface area contributed by atoms with E-state index in [0.29, 0.717) is 12.0 Å². The lowest BCUT2D eigenvalue weighted by atomic mass is 10.1. The molecule has 1 aromatic rings. The summed E-state index contributed by atoms with van der Waals surface area (Å²) in [5.41, 5.74) is 1.73. The van der Waals surface area contributed by atoms with E-state index in [1.54, 1.807) is 19.1 Å². The van der Waals surface area contributed by atoms with Crippen LogP contribution in [0.5, 0.6) is 0 Å². The van der Waals surface area contributed by atoms with Crippen LogP contribution in [-0.2, 0) is 10.0 Å². The zero-order chi connectivity index (χ0) is 14.5. The minimum absolute atomic E-state index is 0.00362. The number of rotatable bonds is 7. The van der Waals surface area contributed by atoms with Gasteiger partial charge in [0.05, 0.1) is 11.9 Å². The average molecular weight is 286 g/mol. The zero-order valence-electron chi connectivity index (χ0n) is 11.6. The maximum Gasteiger partial charge on any atom is 0.211 e. The van der Waals surface area contributed by atoms with E-state index in [4.69, 9.17) is 0 Å². The molecule has 0 aromatic heterocycles. The number of aliphatic hydroxyl groups excluding tert-OH is 1. The molecule has 0 aliphatic rings. The first-order valence-corrected chi connectivity index (χ1v) is 7.93. The molecule has 0 bridgehead atoms. The Balaban J connectivity index is 2.61. The first-order valence-electron chi connectivity index (χ1n) is 6.28. The number of sulfonamides is 1. The zero-order valence-corrected chi connectivity index (χ0v) is 12.4. The van der Waals surface area contributed by atoms with Gasteiger partial charge in [0.25, 0.3) is 0 Å². The molecule has 0 aliphatic heterocycles. The van der Waals surface area contributed by atoms with Crippen LogP contribution in [0.4, 0.5) is 5.69 Å². The van der Waals surface area contributed by atoms with Crippen LogP contribution in [0.3, 0.4) is 0 Å². The Morgan fingerprint density at radius 3 is 2.32 bits per heavy atom. The van der Waals surface area contributed by atoms with Crippen LogP contribution in [0.15, 0.2) is 24.3 Å². The van der Waals surface area contributed by atoms with Crippen molar-refractivity contribution in [2.45, 2.75) is 19.4 Å². The number of benzene rings is 1. The molecule has 1 unspecified atom stereocenters. The molecule has 19 heavy (non-hydrogen) atoms. The summed E-state index contributed by atoms with van der Waals surface area (Å²) in [7, 11) is 0.595. The molecule has 108 valence electrons. The van der Waals surface area contributed by atoms with Gasteiger partial charge in [0.2, 0.25) is 10.0 Å². The lowest BCUT2D eigenvalue weighted by molar-refractivity contribution is 0.182. The molecule has 1 atom stereocenters. The van der Waals surface area contributed by atoms with E-state index in [1.165, 1.54) is 0 Å². The van der Waals surface area contributed by atoms with Gasteiger partial charge in [0.15, 0.2) is 0 Å². The van der Waals surface area contributed by atoms with Crippen LogP contribution < -0.4 is 9.62 Å².